The van der Waals surface area contributed by atoms with E-state index in [0.29, 0.717) is 22.6 Å². The van der Waals surface area contributed by atoms with Crippen LogP contribution in [0.5, 0.6) is 23.0 Å². The second-order valence-corrected chi connectivity index (χ2v) is 12.3. The molecule has 2 aromatic rings. The monoisotopic (exact) mass is 682 g/mol. The fourth-order valence-corrected chi connectivity index (χ4v) is 5.31. The molecule has 2 heterocycles. The summed E-state index contributed by atoms with van der Waals surface area (Å²) in [6.07, 6.45) is 1.86. The van der Waals surface area contributed by atoms with Crippen LogP contribution >= 0.6 is 0 Å². The lowest BCUT2D eigenvalue weighted by Gasteiger charge is -2.40. The Morgan fingerprint density at radius 3 is 1.49 bits per heavy atom. The number of fused-ring (bicyclic) bond motifs is 4. The van der Waals surface area contributed by atoms with E-state index in [1.165, 1.54) is 39.8 Å². The van der Waals surface area contributed by atoms with Crippen molar-refractivity contribution in [2.45, 2.75) is 57.0 Å². The van der Waals surface area contributed by atoms with E-state index in [2.05, 4.69) is 23.8 Å². The molecule has 0 aromatic heterocycles. The minimum atomic E-state index is -1.27. The van der Waals surface area contributed by atoms with Crippen molar-refractivity contribution in [2.24, 2.45) is 0 Å². The van der Waals surface area contributed by atoms with Gasteiger partial charge in [-0.3, -0.25) is 19.2 Å². The SMILES string of the molecule is C=CC(=O)NC(C)(C)C(=O)OCCOc1ccc2c(c1)OC(=O)CC21CC(=O)Oc2cc(OCCOC(=O)C(C)(C)NC(=O)C=C)ccc21.[HH].[HH]. The summed E-state index contributed by atoms with van der Waals surface area (Å²) in [6, 6.07) is 9.75. The minimum absolute atomic E-state index is 0. The number of rotatable bonds is 14. The highest BCUT2D eigenvalue weighted by Crippen LogP contribution is 2.52. The van der Waals surface area contributed by atoms with Crippen LogP contribution in [0.15, 0.2) is 61.7 Å². The van der Waals surface area contributed by atoms with Crippen LogP contribution in [0, 0.1) is 0 Å². The fraction of sp³-hybridized carbons (Fsp3) is 0.371. The van der Waals surface area contributed by atoms with Gasteiger partial charge in [-0.25, -0.2) is 9.59 Å². The van der Waals surface area contributed by atoms with E-state index in [1.807, 2.05) is 0 Å². The number of nitrogens with one attached hydrogen (secondary N) is 2. The van der Waals surface area contributed by atoms with Crippen molar-refractivity contribution in [3.05, 3.63) is 72.8 Å². The number of hydrogen-bond donors (Lipinski definition) is 2. The smallest absolute Gasteiger partial charge is 0.331 e. The highest BCUT2D eigenvalue weighted by atomic mass is 16.6. The molecule has 14 heteroatoms. The van der Waals surface area contributed by atoms with Gasteiger partial charge in [0.15, 0.2) is 0 Å². The first kappa shape index (κ1) is 36.2. The van der Waals surface area contributed by atoms with Gasteiger partial charge in [0, 0.05) is 31.5 Å². The first-order chi connectivity index (χ1) is 23.1. The third-order valence-electron chi connectivity index (χ3n) is 7.71. The van der Waals surface area contributed by atoms with Crippen LogP contribution in [-0.4, -0.2) is 73.2 Å². The molecule has 0 atom stereocenters. The third-order valence-corrected chi connectivity index (χ3v) is 7.71. The van der Waals surface area contributed by atoms with Gasteiger partial charge in [-0.2, -0.15) is 0 Å². The van der Waals surface area contributed by atoms with Crippen molar-refractivity contribution in [3.8, 4) is 23.0 Å². The molecule has 0 fully saturated rings. The summed E-state index contributed by atoms with van der Waals surface area (Å²) >= 11 is 0. The molecule has 0 bridgehead atoms. The number of carbonyl (C=O) groups is 6. The molecule has 1 spiro atoms. The number of esters is 4. The molecule has 2 aliphatic heterocycles. The molecule has 0 saturated carbocycles. The predicted molar refractivity (Wildman–Crippen MR) is 176 cm³/mol. The van der Waals surface area contributed by atoms with Gasteiger partial charge in [-0.1, -0.05) is 25.3 Å². The van der Waals surface area contributed by atoms with Crippen molar-refractivity contribution >= 4 is 35.7 Å². The largest absolute Gasteiger partial charge is 0.490 e. The molecule has 2 aliphatic rings. The Hall–Kier alpha value is -5.66. The molecule has 2 N–H and O–H groups in total. The van der Waals surface area contributed by atoms with Crippen LogP contribution < -0.4 is 29.6 Å². The molecule has 0 radical (unpaired) electrons. The van der Waals surface area contributed by atoms with Gasteiger partial charge in [0.1, 0.15) is 60.5 Å². The Morgan fingerprint density at radius 1 is 0.735 bits per heavy atom. The molecule has 0 unspecified atom stereocenters. The van der Waals surface area contributed by atoms with Crippen molar-refractivity contribution in [1.82, 2.24) is 10.6 Å². The van der Waals surface area contributed by atoms with Crippen molar-refractivity contribution in [3.63, 3.8) is 0 Å². The average molecular weight is 683 g/mol. The van der Waals surface area contributed by atoms with E-state index in [4.69, 9.17) is 28.4 Å². The molecule has 264 valence electrons. The highest BCUT2D eigenvalue weighted by Gasteiger charge is 2.49. The molecule has 2 amide bonds. The van der Waals surface area contributed by atoms with E-state index < -0.39 is 52.2 Å². The molecule has 49 heavy (non-hydrogen) atoms. The zero-order valence-corrected chi connectivity index (χ0v) is 27.7. The normalized spacial score (nSPS) is 14.5. The lowest BCUT2D eigenvalue weighted by molar-refractivity contribution is -0.152. The molecule has 0 saturated heterocycles. The van der Waals surface area contributed by atoms with Crippen LogP contribution in [0.2, 0.25) is 0 Å². The third kappa shape index (κ3) is 8.44. The van der Waals surface area contributed by atoms with Crippen LogP contribution in [0.1, 0.15) is 54.5 Å². The summed E-state index contributed by atoms with van der Waals surface area (Å²) in [5.74, 6) is -2.42. The van der Waals surface area contributed by atoms with Crippen molar-refractivity contribution < 1.29 is 60.0 Å². The number of carbonyl (C=O) groups excluding carboxylic acids is 6. The average Bonchev–Trinajstić information content (AvgIpc) is 3.03. The second kappa shape index (κ2) is 14.6. The van der Waals surface area contributed by atoms with Gasteiger partial charge >= 0.3 is 23.9 Å². The minimum Gasteiger partial charge on any atom is -0.490 e. The predicted octanol–water partition coefficient (Wildman–Crippen LogP) is 3.09. The van der Waals surface area contributed by atoms with Crippen LogP contribution in [0.3, 0.4) is 0 Å². The van der Waals surface area contributed by atoms with Crippen molar-refractivity contribution in [1.29, 1.82) is 0 Å². The Labute approximate surface area is 285 Å². The first-order valence-electron chi connectivity index (χ1n) is 15.3. The Morgan fingerprint density at radius 2 is 1.12 bits per heavy atom. The molecule has 4 rings (SSSR count). The lowest BCUT2D eigenvalue weighted by atomic mass is 9.67. The standard InChI is InChI=1S/C35H38N2O12.2H2/c1-7-27(38)36-33(3,4)31(42)46-15-13-44-21-9-11-23-25(17-21)48-29(40)19-35(23)20-30(41)49-26-18-22(10-12-24(26)35)45-14-16-47-32(43)34(5,6)37-28(39)8-2;;/h7-12,17-18H,1-2,13-16,19-20H2,3-6H3,(H,36,38)(H,37,39);2*1H. The van der Waals surface area contributed by atoms with Crippen LogP contribution in [0.4, 0.5) is 0 Å². The van der Waals surface area contributed by atoms with Gasteiger partial charge in [0.05, 0.1) is 12.8 Å². The van der Waals surface area contributed by atoms with Gasteiger partial charge in [0.25, 0.3) is 0 Å². The molecular weight excluding hydrogens is 640 g/mol. The maximum Gasteiger partial charge on any atom is 0.331 e. The quantitative estimate of drug-likeness (QED) is 0.129. The van der Waals surface area contributed by atoms with Crippen molar-refractivity contribution in [2.75, 3.05) is 26.4 Å². The van der Waals surface area contributed by atoms with E-state index >= 15 is 0 Å². The Bertz CT molecular complexity index is 1580. The summed E-state index contributed by atoms with van der Waals surface area (Å²) < 4.78 is 33.0. The van der Waals surface area contributed by atoms with E-state index in [1.54, 1.807) is 24.3 Å². The lowest BCUT2D eigenvalue weighted by Crippen LogP contribution is -2.50. The van der Waals surface area contributed by atoms with E-state index in [9.17, 15) is 28.8 Å². The molecule has 0 aliphatic carbocycles. The summed E-state index contributed by atoms with van der Waals surface area (Å²) in [4.78, 5) is 73.7. The van der Waals surface area contributed by atoms with Gasteiger partial charge in [0.2, 0.25) is 11.8 Å². The zero-order chi connectivity index (χ0) is 36.0. The maximum atomic E-state index is 12.9. The highest BCUT2D eigenvalue weighted by molar-refractivity contribution is 5.93. The van der Waals surface area contributed by atoms with E-state index in [-0.39, 0.29) is 53.6 Å². The fourth-order valence-electron chi connectivity index (χ4n) is 5.31. The zero-order valence-electron chi connectivity index (χ0n) is 27.7. The molecule has 2 aromatic carbocycles. The van der Waals surface area contributed by atoms with Crippen LogP contribution in [0.25, 0.3) is 0 Å². The summed E-state index contributed by atoms with van der Waals surface area (Å²) in [5, 5.41) is 4.96. The maximum absolute atomic E-state index is 12.9. The first-order valence-corrected chi connectivity index (χ1v) is 15.3. The topological polar surface area (TPSA) is 182 Å². The van der Waals surface area contributed by atoms with Gasteiger partial charge in [-0.05, 0) is 52.0 Å². The Balaban J connectivity index is 0.00000451. The number of amides is 2. The molecular formula is C35H42N2O12. The second-order valence-electron chi connectivity index (χ2n) is 12.3. The summed E-state index contributed by atoms with van der Waals surface area (Å²) in [7, 11) is 0. The molecule has 14 nitrogen and oxygen atoms in total. The van der Waals surface area contributed by atoms with Crippen LogP contribution in [-0.2, 0) is 43.7 Å². The summed E-state index contributed by atoms with van der Waals surface area (Å²) in [6.45, 7) is 12.4. The number of ether oxygens (including phenoxy) is 6. The van der Waals surface area contributed by atoms with Gasteiger partial charge in [-0.15, -0.1) is 0 Å². The van der Waals surface area contributed by atoms with E-state index in [0.717, 1.165) is 12.2 Å². The Kier molecular flexibility index (Phi) is 10.8. The number of benzene rings is 2. The summed E-state index contributed by atoms with van der Waals surface area (Å²) in [5.41, 5.74) is -2.48. The van der Waals surface area contributed by atoms with Gasteiger partial charge < -0.3 is 39.1 Å². The number of hydrogen-bond acceptors (Lipinski definition) is 12.